The lowest BCUT2D eigenvalue weighted by Gasteiger charge is -2.10. The van der Waals surface area contributed by atoms with Crippen LogP contribution in [0.5, 0.6) is 0 Å². The summed E-state index contributed by atoms with van der Waals surface area (Å²) in [6.45, 7) is 4.42. The molecule has 20 heavy (non-hydrogen) atoms. The Bertz CT molecular complexity index is 239. The number of aliphatic hydroxyl groups is 1. The molecule has 0 unspecified atom stereocenters. The fraction of sp³-hybridized carbons (Fsp3) is 0.867. The van der Waals surface area contributed by atoms with E-state index < -0.39 is 0 Å². The standard InChI is InChI=1S/C15H28O5/c1-3-19-14(17)11-7-5-9-13(16)10-6-8-12-15(18)20-4-2/h13,16H,3-12H2,1-2H3. The van der Waals surface area contributed by atoms with Crippen molar-refractivity contribution in [3.05, 3.63) is 0 Å². The average Bonchev–Trinajstić information content (AvgIpc) is 2.40. The Morgan fingerprint density at radius 2 is 1.25 bits per heavy atom. The molecule has 0 amide bonds. The SMILES string of the molecule is CCOC(=O)CCCCC(O)CCCCC(=O)OCC. The highest BCUT2D eigenvalue weighted by Gasteiger charge is 2.07. The molecule has 1 N–H and O–H groups in total. The maximum absolute atomic E-state index is 11.1. The lowest BCUT2D eigenvalue weighted by Crippen LogP contribution is -2.08. The van der Waals surface area contributed by atoms with Crippen LogP contribution in [0.15, 0.2) is 0 Å². The second-order valence-corrected chi connectivity index (χ2v) is 4.76. The third kappa shape index (κ3) is 12.0. The lowest BCUT2D eigenvalue weighted by atomic mass is 10.0. The van der Waals surface area contributed by atoms with Crippen LogP contribution in [0.25, 0.3) is 0 Å². The number of carbonyl (C=O) groups is 2. The van der Waals surface area contributed by atoms with E-state index in [2.05, 4.69) is 0 Å². The summed E-state index contributed by atoms with van der Waals surface area (Å²) in [5.41, 5.74) is 0. The van der Waals surface area contributed by atoms with Crippen LogP contribution in [0.3, 0.4) is 0 Å². The van der Waals surface area contributed by atoms with Crippen molar-refractivity contribution in [2.24, 2.45) is 0 Å². The van der Waals surface area contributed by atoms with Crippen molar-refractivity contribution in [3.63, 3.8) is 0 Å². The molecule has 0 aliphatic rings. The lowest BCUT2D eigenvalue weighted by molar-refractivity contribution is -0.144. The first-order chi connectivity index (χ1) is 9.60. The van der Waals surface area contributed by atoms with Gasteiger partial charge in [-0.15, -0.1) is 0 Å². The summed E-state index contributed by atoms with van der Waals surface area (Å²) < 4.78 is 9.65. The fourth-order valence-electron chi connectivity index (χ4n) is 1.91. The number of carbonyl (C=O) groups excluding carboxylic acids is 2. The minimum absolute atomic E-state index is 0.170. The Morgan fingerprint density at radius 3 is 1.60 bits per heavy atom. The van der Waals surface area contributed by atoms with E-state index in [9.17, 15) is 14.7 Å². The van der Waals surface area contributed by atoms with Crippen LogP contribution < -0.4 is 0 Å². The van der Waals surface area contributed by atoms with Gasteiger partial charge in [-0.25, -0.2) is 0 Å². The minimum Gasteiger partial charge on any atom is -0.466 e. The van der Waals surface area contributed by atoms with Gasteiger partial charge in [0, 0.05) is 12.8 Å². The zero-order chi connectivity index (χ0) is 15.2. The third-order valence-electron chi connectivity index (χ3n) is 2.95. The molecule has 0 saturated heterocycles. The van der Waals surface area contributed by atoms with Gasteiger partial charge >= 0.3 is 11.9 Å². The molecule has 0 spiro atoms. The van der Waals surface area contributed by atoms with Crippen molar-refractivity contribution in [2.45, 2.75) is 71.3 Å². The molecule has 0 aliphatic carbocycles. The summed E-state index contributed by atoms with van der Waals surface area (Å²) in [7, 11) is 0. The molecule has 0 fully saturated rings. The second kappa shape index (κ2) is 12.9. The molecule has 5 nitrogen and oxygen atoms in total. The molecule has 0 bridgehead atoms. The smallest absolute Gasteiger partial charge is 0.305 e. The molecule has 5 heteroatoms. The van der Waals surface area contributed by atoms with Crippen molar-refractivity contribution >= 4 is 11.9 Å². The molecule has 0 atom stereocenters. The highest BCUT2D eigenvalue weighted by atomic mass is 16.5. The van der Waals surface area contributed by atoms with Gasteiger partial charge in [0.1, 0.15) is 0 Å². The molecule has 0 rings (SSSR count). The molecule has 0 radical (unpaired) electrons. The first-order valence-electron chi connectivity index (χ1n) is 7.59. The Morgan fingerprint density at radius 1 is 0.850 bits per heavy atom. The van der Waals surface area contributed by atoms with Gasteiger partial charge in [0.2, 0.25) is 0 Å². The Balaban J connectivity index is 3.39. The predicted molar refractivity (Wildman–Crippen MR) is 76.2 cm³/mol. The van der Waals surface area contributed by atoms with E-state index in [0.29, 0.717) is 38.9 Å². The maximum atomic E-state index is 11.1. The quantitative estimate of drug-likeness (QED) is 0.441. The predicted octanol–water partition coefficient (Wildman–Crippen LogP) is 2.59. The molecule has 0 saturated carbocycles. The van der Waals surface area contributed by atoms with Crippen LogP contribution in [0.2, 0.25) is 0 Å². The van der Waals surface area contributed by atoms with E-state index in [1.165, 1.54) is 0 Å². The highest BCUT2D eigenvalue weighted by Crippen LogP contribution is 2.11. The third-order valence-corrected chi connectivity index (χ3v) is 2.95. The van der Waals surface area contributed by atoms with Crippen molar-refractivity contribution < 1.29 is 24.2 Å². The van der Waals surface area contributed by atoms with E-state index in [-0.39, 0.29) is 18.0 Å². The van der Waals surface area contributed by atoms with Crippen LogP contribution in [-0.2, 0) is 19.1 Å². The number of rotatable bonds is 12. The van der Waals surface area contributed by atoms with Crippen LogP contribution >= 0.6 is 0 Å². The second-order valence-electron chi connectivity index (χ2n) is 4.76. The topological polar surface area (TPSA) is 72.8 Å². The molecule has 0 aromatic heterocycles. The summed E-state index contributed by atoms with van der Waals surface area (Å²) in [5, 5.41) is 9.75. The van der Waals surface area contributed by atoms with E-state index in [1.807, 2.05) is 0 Å². The van der Waals surface area contributed by atoms with Gasteiger partial charge in [0.25, 0.3) is 0 Å². The maximum Gasteiger partial charge on any atom is 0.305 e. The molecular weight excluding hydrogens is 260 g/mol. The van der Waals surface area contributed by atoms with Crippen LogP contribution in [0.1, 0.15) is 65.2 Å². The van der Waals surface area contributed by atoms with Crippen LogP contribution in [0, 0.1) is 0 Å². The van der Waals surface area contributed by atoms with Crippen molar-refractivity contribution in [2.75, 3.05) is 13.2 Å². The van der Waals surface area contributed by atoms with E-state index in [1.54, 1.807) is 13.8 Å². The van der Waals surface area contributed by atoms with Gasteiger partial charge < -0.3 is 14.6 Å². The summed E-state index contributed by atoms with van der Waals surface area (Å²) in [4.78, 5) is 22.2. The molecule has 0 aromatic rings. The van der Waals surface area contributed by atoms with E-state index >= 15 is 0 Å². The molecule has 118 valence electrons. The number of aliphatic hydroxyl groups excluding tert-OH is 1. The van der Waals surface area contributed by atoms with Gasteiger partial charge in [0.05, 0.1) is 19.3 Å². The van der Waals surface area contributed by atoms with Gasteiger partial charge in [-0.2, -0.15) is 0 Å². The van der Waals surface area contributed by atoms with E-state index in [4.69, 9.17) is 9.47 Å². The van der Waals surface area contributed by atoms with Crippen molar-refractivity contribution in [3.8, 4) is 0 Å². The minimum atomic E-state index is -0.348. The molecule has 0 heterocycles. The number of unbranched alkanes of at least 4 members (excludes halogenated alkanes) is 2. The number of hydrogen-bond acceptors (Lipinski definition) is 5. The first kappa shape index (κ1) is 18.9. The van der Waals surface area contributed by atoms with E-state index in [0.717, 1.165) is 25.7 Å². The highest BCUT2D eigenvalue weighted by molar-refractivity contribution is 5.69. The number of ether oxygens (including phenoxy) is 2. The Kier molecular flexibility index (Phi) is 12.2. The summed E-state index contributed by atoms with van der Waals surface area (Å²) in [6.07, 6.45) is 5.01. The largest absolute Gasteiger partial charge is 0.466 e. The monoisotopic (exact) mass is 288 g/mol. The summed E-state index contributed by atoms with van der Waals surface area (Å²) in [6, 6.07) is 0. The Hall–Kier alpha value is -1.10. The average molecular weight is 288 g/mol. The number of esters is 2. The normalized spacial score (nSPS) is 10.6. The van der Waals surface area contributed by atoms with Crippen molar-refractivity contribution in [1.29, 1.82) is 0 Å². The van der Waals surface area contributed by atoms with Gasteiger partial charge in [-0.1, -0.05) is 12.8 Å². The first-order valence-corrected chi connectivity index (χ1v) is 7.59. The Labute approximate surface area is 121 Å². The summed E-state index contributed by atoms with van der Waals surface area (Å²) >= 11 is 0. The van der Waals surface area contributed by atoms with Crippen LogP contribution in [-0.4, -0.2) is 36.4 Å². The van der Waals surface area contributed by atoms with Gasteiger partial charge in [-0.3, -0.25) is 9.59 Å². The summed E-state index contributed by atoms with van der Waals surface area (Å²) in [5.74, 6) is -0.340. The van der Waals surface area contributed by atoms with Crippen LogP contribution in [0.4, 0.5) is 0 Å². The molecular formula is C15H28O5. The van der Waals surface area contributed by atoms with Gasteiger partial charge in [-0.05, 0) is 39.5 Å². The van der Waals surface area contributed by atoms with Crippen molar-refractivity contribution in [1.82, 2.24) is 0 Å². The fourth-order valence-corrected chi connectivity index (χ4v) is 1.91. The molecule has 0 aliphatic heterocycles. The number of hydrogen-bond donors (Lipinski definition) is 1. The zero-order valence-electron chi connectivity index (χ0n) is 12.7. The molecule has 0 aromatic carbocycles. The zero-order valence-corrected chi connectivity index (χ0v) is 12.7. The van der Waals surface area contributed by atoms with Gasteiger partial charge in [0.15, 0.2) is 0 Å².